The molecule has 2 aromatic rings. The Kier molecular flexibility index (Phi) is 7.26. The minimum absolute atomic E-state index is 0.000102. The first-order valence-electron chi connectivity index (χ1n) is 10.4. The van der Waals surface area contributed by atoms with E-state index in [0.717, 1.165) is 6.07 Å². The number of carbonyl (C=O) groups excluding carboxylic acids is 1. The van der Waals surface area contributed by atoms with Crippen LogP contribution in [0.5, 0.6) is 0 Å². The lowest BCUT2D eigenvalue weighted by Crippen LogP contribution is -2.40. The van der Waals surface area contributed by atoms with Gasteiger partial charge in [0.05, 0.1) is 42.3 Å². The lowest BCUT2D eigenvalue weighted by molar-refractivity contribution is -0.138. The predicted octanol–water partition coefficient (Wildman–Crippen LogP) is 3.81. The van der Waals surface area contributed by atoms with Gasteiger partial charge in [-0.15, -0.1) is 0 Å². The monoisotopic (exact) mass is 464 g/mol. The Balaban J connectivity index is 2.05. The van der Waals surface area contributed by atoms with Crippen molar-refractivity contribution in [2.75, 3.05) is 26.8 Å². The van der Waals surface area contributed by atoms with Gasteiger partial charge in [-0.1, -0.05) is 18.7 Å². The Hall–Kier alpha value is -3.14. The maximum absolute atomic E-state index is 13.4. The van der Waals surface area contributed by atoms with Crippen molar-refractivity contribution in [1.82, 2.24) is 14.6 Å². The van der Waals surface area contributed by atoms with Gasteiger partial charge in [-0.3, -0.25) is 0 Å². The molecule has 0 spiro atoms. The van der Waals surface area contributed by atoms with Crippen LogP contribution in [-0.4, -0.2) is 59.8 Å². The van der Waals surface area contributed by atoms with Crippen molar-refractivity contribution in [1.29, 1.82) is 0 Å². The van der Waals surface area contributed by atoms with E-state index in [1.54, 1.807) is 19.3 Å². The van der Waals surface area contributed by atoms with Gasteiger partial charge in [-0.2, -0.15) is 18.3 Å². The van der Waals surface area contributed by atoms with E-state index in [0.29, 0.717) is 36.6 Å². The molecule has 0 radical (unpaired) electrons. The molecule has 0 bridgehead atoms. The number of halogens is 3. The number of morpholine rings is 1. The molecule has 2 heterocycles. The third-order valence-corrected chi connectivity index (χ3v) is 5.56. The number of aryl methyl sites for hydroxylation is 1. The Labute approximate surface area is 190 Å². The van der Waals surface area contributed by atoms with Gasteiger partial charge in [0, 0.05) is 19.5 Å². The molecule has 33 heavy (non-hydrogen) atoms. The van der Waals surface area contributed by atoms with E-state index in [1.165, 1.54) is 24.8 Å². The molecule has 178 valence electrons. The molecule has 1 atom stereocenters. The largest absolute Gasteiger partial charge is 0.465 e. The average molecular weight is 464 g/mol. The third kappa shape index (κ3) is 5.44. The van der Waals surface area contributed by atoms with Crippen LogP contribution in [0.25, 0.3) is 5.57 Å². The predicted molar refractivity (Wildman–Crippen MR) is 118 cm³/mol. The van der Waals surface area contributed by atoms with Gasteiger partial charge in [-0.05, 0) is 38.0 Å². The summed E-state index contributed by atoms with van der Waals surface area (Å²) in [6.45, 7) is 10.7. The van der Waals surface area contributed by atoms with Crippen LogP contribution in [-0.2, 0) is 26.9 Å². The van der Waals surface area contributed by atoms with Gasteiger partial charge in [0.15, 0.2) is 5.82 Å². The normalized spacial score (nSPS) is 16.9. The van der Waals surface area contributed by atoms with Crippen LogP contribution in [0, 0.1) is 13.8 Å². The molecule has 1 aromatic heterocycles. The number of nitrogens with zero attached hydrogens (tertiary/aromatic N) is 4. The van der Waals surface area contributed by atoms with Gasteiger partial charge < -0.3 is 14.4 Å². The molecule has 1 aromatic carbocycles. The lowest BCUT2D eigenvalue weighted by Gasteiger charge is -2.29. The number of aromatic nitrogens is 2. The molecule has 7 nitrogen and oxygen atoms in total. The Morgan fingerprint density at radius 1 is 1.39 bits per heavy atom. The Morgan fingerprint density at radius 3 is 2.76 bits per heavy atom. The highest BCUT2D eigenvalue weighted by Crippen LogP contribution is 2.34. The van der Waals surface area contributed by atoms with Gasteiger partial charge >= 0.3 is 12.1 Å². The number of imidazole rings is 1. The first-order chi connectivity index (χ1) is 15.5. The van der Waals surface area contributed by atoms with E-state index in [-0.39, 0.29) is 29.5 Å². The first kappa shape index (κ1) is 24.5. The maximum atomic E-state index is 13.4. The molecule has 3 rings (SSSR count). The number of hydrogen-bond acceptors (Lipinski definition) is 5. The zero-order valence-electron chi connectivity index (χ0n) is 19.1. The second-order valence-electron chi connectivity index (χ2n) is 7.92. The zero-order chi connectivity index (χ0) is 24.3. The molecule has 0 N–H and O–H groups in total. The molecule has 0 amide bonds. The molecular weight excluding hydrogens is 437 g/mol. The molecule has 1 aliphatic heterocycles. The van der Waals surface area contributed by atoms with E-state index >= 15 is 0 Å². The fourth-order valence-electron chi connectivity index (χ4n) is 3.73. The van der Waals surface area contributed by atoms with Gasteiger partial charge in [0.25, 0.3) is 0 Å². The number of methoxy groups -OCH3 is 1. The van der Waals surface area contributed by atoms with E-state index in [2.05, 4.69) is 16.7 Å². The Bertz CT molecular complexity index is 1080. The summed E-state index contributed by atoms with van der Waals surface area (Å²) in [4.78, 5) is 18.5. The molecule has 0 aliphatic carbocycles. The lowest BCUT2D eigenvalue weighted by atomic mass is 9.98. The van der Waals surface area contributed by atoms with Crippen LogP contribution >= 0.6 is 0 Å². The number of benzene rings is 1. The maximum Gasteiger partial charge on any atom is 0.416 e. The summed E-state index contributed by atoms with van der Waals surface area (Å²) >= 11 is 0. The topological polar surface area (TPSA) is 69.0 Å². The standard InChI is InChI=1S/C23H27F3N4O3/c1-14-12-29(9-10-33-14)13-27-30-20(17(4)28-21(30)16(3)22(31)32-5)11-18-7-6-8-19(15(18)2)23(24,25)26/h6-8,13-14H,3,9-12H2,1-2,4-5H3/b27-13+. The minimum Gasteiger partial charge on any atom is -0.465 e. The van der Waals surface area contributed by atoms with Crippen molar-refractivity contribution in [2.45, 2.75) is 39.5 Å². The highest BCUT2D eigenvalue weighted by atomic mass is 19.4. The summed E-state index contributed by atoms with van der Waals surface area (Å²) in [5.74, 6) is -0.491. The second kappa shape index (κ2) is 9.78. The molecule has 1 unspecified atom stereocenters. The van der Waals surface area contributed by atoms with Crippen molar-refractivity contribution in [3.8, 4) is 0 Å². The summed E-state index contributed by atoms with van der Waals surface area (Å²) in [7, 11) is 1.24. The van der Waals surface area contributed by atoms with E-state index in [4.69, 9.17) is 9.47 Å². The smallest absolute Gasteiger partial charge is 0.416 e. The van der Waals surface area contributed by atoms with Crippen molar-refractivity contribution in [3.05, 3.63) is 58.7 Å². The van der Waals surface area contributed by atoms with Gasteiger partial charge in [-0.25, -0.2) is 14.5 Å². The molecular formula is C23H27F3N4O3. The number of ether oxygens (including phenoxy) is 2. The fraction of sp³-hybridized carbons (Fsp3) is 0.435. The van der Waals surface area contributed by atoms with Crippen LogP contribution < -0.4 is 0 Å². The number of esters is 1. The van der Waals surface area contributed by atoms with Crippen molar-refractivity contribution in [2.24, 2.45) is 5.10 Å². The van der Waals surface area contributed by atoms with Crippen LogP contribution in [0.15, 0.2) is 29.9 Å². The number of carbonyl (C=O) groups is 1. The summed E-state index contributed by atoms with van der Waals surface area (Å²) in [6.07, 6.45) is -2.66. The van der Waals surface area contributed by atoms with Crippen molar-refractivity contribution in [3.63, 3.8) is 0 Å². The van der Waals surface area contributed by atoms with E-state index in [1.807, 2.05) is 11.8 Å². The Morgan fingerprint density at radius 2 is 2.12 bits per heavy atom. The van der Waals surface area contributed by atoms with Crippen LogP contribution in [0.1, 0.15) is 40.8 Å². The average Bonchev–Trinajstić information content (AvgIpc) is 3.07. The minimum atomic E-state index is -4.45. The molecule has 0 saturated carbocycles. The summed E-state index contributed by atoms with van der Waals surface area (Å²) in [5, 5.41) is 4.53. The van der Waals surface area contributed by atoms with E-state index < -0.39 is 17.7 Å². The highest BCUT2D eigenvalue weighted by Gasteiger charge is 2.33. The van der Waals surface area contributed by atoms with Crippen molar-refractivity contribution >= 4 is 17.9 Å². The number of alkyl halides is 3. The number of rotatable bonds is 6. The molecule has 1 aliphatic rings. The number of hydrogen-bond donors (Lipinski definition) is 0. The fourth-order valence-corrected chi connectivity index (χ4v) is 3.73. The SMILES string of the molecule is C=C(C(=O)OC)c1nc(C)c(Cc2cccc(C(F)(F)F)c2C)n1/N=C/N1CCOC(C)C1. The first-order valence-corrected chi connectivity index (χ1v) is 10.4. The van der Waals surface area contributed by atoms with Crippen LogP contribution in [0.4, 0.5) is 13.2 Å². The molecule has 1 fully saturated rings. The summed E-state index contributed by atoms with van der Waals surface area (Å²) in [6, 6.07) is 4.09. The summed E-state index contributed by atoms with van der Waals surface area (Å²) in [5.41, 5.74) is 1.01. The van der Waals surface area contributed by atoms with E-state index in [9.17, 15) is 18.0 Å². The quantitative estimate of drug-likeness (QED) is 0.282. The zero-order valence-corrected chi connectivity index (χ0v) is 19.1. The third-order valence-electron chi connectivity index (χ3n) is 5.56. The van der Waals surface area contributed by atoms with Gasteiger partial charge in [0.2, 0.25) is 0 Å². The molecule has 1 saturated heterocycles. The summed E-state index contributed by atoms with van der Waals surface area (Å²) < 4.78 is 52.0. The van der Waals surface area contributed by atoms with Crippen molar-refractivity contribution < 1.29 is 27.4 Å². The second-order valence-corrected chi connectivity index (χ2v) is 7.92. The van der Waals surface area contributed by atoms with Crippen LogP contribution in [0.3, 0.4) is 0 Å². The van der Waals surface area contributed by atoms with Crippen LogP contribution in [0.2, 0.25) is 0 Å². The van der Waals surface area contributed by atoms with Gasteiger partial charge in [0.1, 0.15) is 6.34 Å². The molecule has 10 heteroatoms. The highest BCUT2D eigenvalue weighted by molar-refractivity contribution is 6.14.